The first-order valence-corrected chi connectivity index (χ1v) is 7.44. The van der Waals surface area contributed by atoms with Crippen molar-refractivity contribution in [3.63, 3.8) is 0 Å². The second kappa shape index (κ2) is 6.05. The number of aromatic nitrogens is 1. The number of aromatic amines is 1. The Labute approximate surface area is 129 Å². The minimum atomic E-state index is -0.310. The zero-order valence-electron chi connectivity index (χ0n) is 12.6. The summed E-state index contributed by atoms with van der Waals surface area (Å²) >= 11 is 0. The highest BCUT2D eigenvalue weighted by Crippen LogP contribution is 2.16. The molecule has 1 N–H and O–H groups in total. The number of pyridine rings is 1. The summed E-state index contributed by atoms with van der Waals surface area (Å²) in [6.07, 6.45) is 1.57. The lowest BCUT2D eigenvalue weighted by Crippen LogP contribution is -2.49. The van der Waals surface area contributed by atoms with Gasteiger partial charge in [0.2, 0.25) is 0 Å². The number of amides is 1. The molecule has 2 heterocycles. The van der Waals surface area contributed by atoms with E-state index in [1.807, 2.05) is 18.2 Å². The zero-order valence-corrected chi connectivity index (χ0v) is 12.6. The second-order valence-corrected chi connectivity index (χ2v) is 5.48. The number of hydrogen-bond donors (Lipinski definition) is 1. The molecule has 2 aromatic rings. The molecule has 1 aromatic heterocycles. The Bertz CT molecular complexity index is 716. The first kappa shape index (κ1) is 14.4. The summed E-state index contributed by atoms with van der Waals surface area (Å²) in [6, 6.07) is 11.9. The van der Waals surface area contributed by atoms with Gasteiger partial charge in [-0.05, 0) is 30.7 Å². The summed E-state index contributed by atoms with van der Waals surface area (Å²) in [5.74, 6) is -0.174. The number of rotatable bonds is 2. The van der Waals surface area contributed by atoms with E-state index in [0.717, 1.165) is 18.7 Å². The maximum absolute atomic E-state index is 12.6. The van der Waals surface area contributed by atoms with Crippen molar-refractivity contribution in [1.29, 1.82) is 0 Å². The molecule has 0 unspecified atom stereocenters. The molecule has 1 aliphatic heterocycles. The van der Waals surface area contributed by atoms with Crippen LogP contribution >= 0.6 is 0 Å². The lowest BCUT2D eigenvalue weighted by molar-refractivity contribution is 0.0744. The number of piperazine rings is 1. The molecule has 1 fully saturated rings. The van der Waals surface area contributed by atoms with Gasteiger partial charge in [0.25, 0.3) is 11.5 Å². The summed E-state index contributed by atoms with van der Waals surface area (Å²) in [6.45, 7) is 4.60. The van der Waals surface area contributed by atoms with Crippen LogP contribution in [0.25, 0.3) is 0 Å². The summed E-state index contributed by atoms with van der Waals surface area (Å²) in [7, 11) is 0. The van der Waals surface area contributed by atoms with E-state index >= 15 is 0 Å². The summed E-state index contributed by atoms with van der Waals surface area (Å²) in [5, 5.41) is 0. The Hall–Kier alpha value is -2.56. The third-order valence-corrected chi connectivity index (χ3v) is 4.07. The number of para-hydroxylation sites is 1. The first-order valence-electron chi connectivity index (χ1n) is 7.44. The maximum atomic E-state index is 12.6. The monoisotopic (exact) mass is 297 g/mol. The average molecular weight is 297 g/mol. The highest BCUT2D eigenvalue weighted by molar-refractivity contribution is 5.95. The Morgan fingerprint density at radius 1 is 1.05 bits per heavy atom. The van der Waals surface area contributed by atoms with Crippen molar-refractivity contribution < 1.29 is 4.79 Å². The molecule has 0 atom stereocenters. The molecular formula is C17H19N3O2. The van der Waals surface area contributed by atoms with Gasteiger partial charge in [-0.15, -0.1) is 0 Å². The average Bonchev–Trinajstić information content (AvgIpc) is 2.55. The highest BCUT2D eigenvalue weighted by atomic mass is 16.2. The van der Waals surface area contributed by atoms with Crippen LogP contribution in [0.1, 0.15) is 15.9 Å². The standard InChI is InChI=1S/C17H19N3O2/c1-13-7-8-18-16(21)15(13)17(22)20-11-9-19(10-12-20)14-5-3-2-4-6-14/h2-8H,9-12H2,1H3,(H,18,21). The topological polar surface area (TPSA) is 56.4 Å². The van der Waals surface area contributed by atoms with E-state index in [4.69, 9.17) is 0 Å². The van der Waals surface area contributed by atoms with Crippen LogP contribution in [0.5, 0.6) is 0 Å². The van der Waals surface area contributed by atoms with Crippen molar-refractivity contribution in [2.75, 3.05) is 31.1 Å². The number of benzene rings is 1. The maximum Gasteiger partial charge on any atom is 0.261 e. The Balaban J connectivity index is 1.72. The minimum Gasteiger partial charge on any atom is -0.368 e. The van der Waals surface area contributed by atoms with E-state index in [1.165, 1.54) is 5.69 Å². The van der Waals surface area contributed by atoms with Crippen molar-refractivity contribution in [2.24, 2.45) is 0 Å². The van der Waals surface area contributed by atoms with Crippen LogP contribution in [0.4, 0.5) is 5.69 Å². The van der Waals surface area contributed by atoms with E-state index in [0.29, 0.717) is 13.1 Å². The van der Waals surface area contributed by atoms with E-state index in [1.54, 1.807) is 24.1 Å². The van der Waals surface area contributed by atoms with Gasteiger partial charge in [0.15, 0.2) is 0 Å². The smallest absolute Gasteiger partial charge is 0.261 e. The first-order chi connectivity index (χ1) is 10.7. The SMILES string of the molecule is Cc1cc[nH]c(=O)c1C(=O)N1CCN(c2ccccc2)CC1. The number of aryl methyl sites for hydroxylation is 1. The highest BCUT2D eigenvalue weighted by Gasteiger charge is 2.24. The summed E-state index contributed by atoms with van der Waals surface area (Å²) in [4.78, 5) is 31.1. The molecule has 22 heavy (non-hydrogen) atoms. The molecule has 5 nitrogen and oxygen atoms in total. The van der Waals surface area contributed by atoms with Gasteiger partial charge in [-0.1, -0.05) is 18.2 Å². The molecule has 0 radical (unpaired) electrons. The van der Waals surface area contributed by atoms with Crippen LogP contribution in [0, 0.1) is 6.92 Å². The normalized spacial score (nSPS) is 15.0. The molecule has 1 aliphatic rings. The fraction of sp³-hybridized carbons (Fsp3) is 0.294. The number of hydrogen-bond acceptors (Lipinski definition) is 3. The van der Waals surface area contributed by atoms with Gasteiger partial charge < -0.3 is 14.8 Å². The fourth-order valence-corrected chi connectivity index (χ4v) is 2.81. The van der Waals surface area contributed by atoms with Crippen LogP contribution in [0.2, 0.25) is 0 Å². The lowest BCUT2D eigenvalue weighted by atomic mass is 10.1. The van der Waals surface area contributed by atoms with Crippen molar-refractivity contribution in [3.05, 3.63) is 64.1 Å². The number of carbonyl (C=O) groups is 1. The van der Waals surface area contributed by atoms with Gasteiger partial charge in [-0.25, -0.2) is 0 Å². The molecular weight excluding hydrogens is 278 g/mol. The fourth-order valence-electron chi connectivity index (χ4n) is 2.81. The summed E-state index contributed by atoms with van der Waals surface area (Å²) < 4.78 is 0. The molecule has 1 saturated heterocycles. The van der Waals surface area contributed by atoms with Gasteiger partial charge in [-0.2, -0.15) is 0 Å². The van der Waals surface area contributed by atoms with Crippen LogP contribution in [0.15, 0.2) is 47.4 Å². The van der Waals surface area contributed by atoms with E-state index < -0.39 is 0 Å². The molecule has 3 rings (SSSR count). The molecule has 0 spiro atoms. The molecule has 0 aliphatic carbocycles. The largest absolute Gasteiger partial charge is 0.368 e. The Kier molecular flexibility index (Phi) is 3.96. The second-order valence-electron chi connectivity index (χ2n) is 5.48. The predicted octanol–water partition coefficient (Wildman–Crippen LogP) is 1.65. The van der Waals surface area contributed by atoms with E-state index in [-0.39, 0.29) is 17.0 Å². The lowest BCUT2D eigenvalue weighted by Gasteiger charge is -2.36. The van der Waals surface area contributed by atoms with E-state index in [2.05, 4.69) is 22.0 Å². The predicted molar refractivity (Wildman–Crippen MR) is 86.4 cm³/mol. The molecule has 0 saturated carbocycles. The molecule has 0 bridgehead atoms. The zero-order chi connectivity index (χ0) is 15.5. The number of nitrogens with one attached hydrogen (secondary N) is 1. The van der Waals surface area contributed by atoms with Crippen molar-refractivity contribution in [2.45, 2.75) is 6.92 Å². The number of anilines is 1. The quantitative estimate of drug-likeness (QED) is 0.917. The third-order valence-electron chi connectivity index (χ3n) is 4.07. The number of H-pyrrole nitrogens is 1. The van der Waals surface area contributed by atoms with Crippen molar-refractivity contribution >= 4 is 11.6 Å². The molecule has 1 aromatic carbocycles. The van der Waals surface area contributed by atoms with Crippen LogP contribution < -0.4 is 10.5 Å². The van der Waals surface area contributed by atoms with Crippen LogP contribution in [-0.2, 0) is 0 Å². The Morgan fingerprint density at radius 2 is 1.73 bits per heavy atom. The third kappa shape index (κ3) is 2.74. The van der Waals surface area contributed by atoms with Gasteiger partial charge in [-0.3, -0.25) is 9.59 Å². The van der Waals surface area contributed by atoms with Crippen LogP contribution in [-0.4, -0.2) is 42.0 Å². The molecule has 5 heteroatoms. The van der Waals surface area contributed by atoms with Crippen molar-refractivity contribution in [3.8, 4) is 0 Å². The minimum absolute atomic E-state index is 0.174. The molecule has 114 valence electrons. The van der Waals surface area contributed by atoms with Gasteiger partial charge >= 0.3 is 0 Å². The molecule has 1 amide bonds. The van der Waals surface area contributed by atoms with Gasteiger partial charge in [0.1, 0.15) is 5.56 Å². The van der Waals surface area contributed by atoms with Gasteiger partial charge in [0.05, 0.1) is 0 Å². The summed E-state index contributed by atoms with van der Waals surface area (Å²) in [5.41, 5.74) is 1.84. The van der Waals surface area contributed by atoms with Crippen molar-refractivity contribution in [1.82, 2.24) is 9.88 Å². The number of nitrogens with zero attached hydrogens (tertiary/aromatic N) is 2. The van der Waals surface area contributed by atoms with Crippen LogP contribution in [0.3, 0.4) is 0 Å². The Morgan fingerprint density at radius 3 is 2.36 bits per heavy atom. The van der Waals surface area contributed by atoms with Gasteiger partial charge in [0, 0.05) is 38.1 Å². The van der Waals surface area contributed by atoms with E-state index in [9.17, 15) is 9.59 Å². The number of carbonyl (C=O) groups excluding carboxylic acids is 1.